The molecule has 0 atom stereocenters. The topological polar surface area (TPSA) is 57.2 Å². The van der Waals surface area contributed by atoms with Gasteiger partial charge >= 0.3 is 5.51 Å². The summed E-state index contributed by atoms with van der Waals surface area (Å²) < 4.78 is 58.9. The minimum atomic E-state index is -6.09. The van der Waals surface area contributed by atoms with Crippen LogP contribution in [0.5, 0.6) is 0 Å². The fourth-order valence-corrected chi connectivity index (χ4v) is 18.1. The van der Waals surface area contributed by atoms with Crippen molar-refractivity contribution in [2.24, 2.45) is 0 Å². The van der Waals surface area contributed by atoms with Gasteiger partial charge in [0, 0.05) is 20.4 Å². The van der Waals surface area contributed by atoms with Gasteiger partial charge in [0.05, 0.1) is 0 Å². The summed E-state index contributed by atoms with van der Waals surface area (Å²) in [6.07, 6.45) is 28.1. The number of halogens is 3. The van der Waals surface area contributed by atoms with Crippen LogP contribution in [0, 0.1) is 0 Å². The van der Waals surface area contributed by atoms with Gasteiger partial charge in [-0.2, -0.15) is 13.2 Å². The normalized spacial score (nSPS) is 19.6. The third-order valence-electron chi connectivity index (χ3n) is 9.76. The molecular formula is C34H67F3O3P3PdS-. The Morgan fingerprint density at radius 3 is 0.978 bits per heavy atom. The molecule has 0 N–H and O–H groups in total. The molecule has 3 fully saturated rings. The fourth-order valence-electron chi connectivity index (χ4n) is 7.69. The average Bonchev–Trinajstić information content (AvgIpc) is 2.94. The second kappa shape index (κ2) is 23.9. The van der Waals surface area contributed by atoms with Gasteiger partial charge in [-0.15, -0.1) is 15.8 Å². The molecule has 3 saturated carbocycles. The fraction of sp³-hybridized carbons (Fsp3) is 1.00. The third-order valence-corrected chi connectivity index (χ3v) is 21.4. The number of alkyl halides is 3. The zero-order valence-electron chi connectivity index (χ0n) is 29.7. The van der Waals surface area contributed by atoms with Crippen molar-refractivity contribution in [1.82, 2.24) is 0 Å². The van der Waals surface area contributed by atoms with Crippen LogP contribution in [0.25, 0.3) is 0 Å². The van der Waals surface area contributed by atoms with E-state index >= 15 is 0 Å². The summed E-state index contributed by atoms with van der Waals surface area (Å²) in [5.41, 5.74) is 1.57. The van der Waals surface area contributed by atoms with E-state index in [4.69, 9.17) is 13.0 Å². The first kappa shape index (κ1) is 46.7. The monoisotopic (exact) mass is 811 g/mol. The number of hydrogen-bond donors (Lipinski definition) is 0. The number of rotatable bonds is 11. The Bertz CT molecular complexity index is 763. The van der Waals surface area contributed by atoms with E-state index in [2.05, 4.69) is 55.4 Å². The van der Waals surface area contributed by atoms with Crippen molar-refractivity contribution < 1.29 is 46.6 Å². The van der Waals surface area contributed by atoms with Crippen LogP contribution in [0.3, 0.4) is 0 Å². The molecule has 0 amide bonds. The van der Waals surface area contributed by atoms with Crippen molar-refractivity contribution in [1.29, 1.82) is 0 Å². The Morgan fingerprint density at radius 1 is 0.578 bits per heavy atom. The molecule has 0 bridgehead atoms. The van der Waals surface area contributed by atoms with Gasteiger partial charge in [-0.1, -0.05) is 121 Å². The van der Waals surface area contributed by atoms with E-state index < -0.39 is 15.6 Å². The van der Waals surface area contributed by atoms with Crippen molar-refractivity contribution in [3.05, 3.63) is 0 Å². The molecule has 45 heavy (non-hydrogen) atoms. The standard InChI is InChI=1S/C18H33P.C15H34P2.CHF3O3S.Pd/c1-4-10-16(11-5-1)19(17-12-6-2-7-13-17)18-14-8-3-9-15-18;1-12(2)16(13(3)4)10-9-11-17(14(5)6)15(7)8;2-1(3,4)8(5,6)7;/h16-18H,1-15H2;12-15H,9-11H2,1-8H3;(H,5,6,7);/p-1. The Kier molecular flexibility index (Phi) is 24.8. The van der Waals surface area contributed by atoms with E-state index in [1.807, 2.05) is 0 Å². The smallest absolute Gasteiger partial charge is 0.485 e. The van der Waals surface area contributed by atoms with Crippen LogP contribution in [-0.4, -0.2) is 70.4 Å². The first-order valence-electron chi connectivity index (χ1n) is 17.8. The van der Waals surface area contributed by atoms with Gasteiger partial charge < -0.3 is 4.55 Å². The largest absolute Gasteiger partial charge is 0.741 e. The summed E-state index contributed by atoms with van der Waals surface area (Å²) in [6.45, 7) is 19.3. The maximum Gasteiger partial charge on any atom is 0.485 e. The van der Waals surface area contributed by atoms with Crippen molar-refractivity contribution in [2.75, 3.05) is 12.3 Å². The summed E-state index contributed by atoms with van der Waals surface area (Å²) in [6, 6.07) is 0. The molecular weight excluding hydrogens is 745 g/mol. The zero-order valence-corrected chi connectivity index (χ0v) is 34.7. The van der Waals surface area contributed by atoms with Gasteiger partial charge in [0.2, 0.25) is 0 Å². The molecule has 0 aromatic carbocycles. The van der Waals surface area contributed by atoms with Gasteiger partial charge in [-0.05, 0) is 96.9 Å². The second-order valence-corrected chi connectivity index (χ2v) is 26.0. The second-order valence-electron chi connectivity index (χ2n) is 14.4. The minimum Gasteiger partial charge on any atom is -0.741 e. The SMILES string of the molecule is C1CCC(P(C2CCCCC2)C2CCCCC2)CC1.CC(C)P(CCCP(C(C)C)C(C)C)C(C)C.O=S(=O)([O-])C(F)(F)F.[Pd]. The van der Waals surface area contributed by atoms with E-state index in [0.29, 0.717) is 7.92 Å². The Hall–Kier alpha value is 1.65. The molecule has 0 aliphatic heterocycles. The molecule has 274 valence electrons. The van der Waals surface area contributed by atoms with Gasteiger partial charge in [0.1, 0.15) is 0 Å². The predicted molar refractivity (Wildman–Crippen MR) is 192 cm³/mol. The summed E-state index contributed by atoms with van der Waals surface area (Å²) in [5.74, 6) is 0. The predicted octanol–water partition coefficient (Wildman–Crippen LogP) is 12.5. The van der Waals surface area contributed by atoms with Crippen LogP contribution in [0.4, 0.5) is 13.2 Å². The van der Waals surface area contributed by atoms with E-state index in [0.717, 1.165) is 22.6 Å². The van der Waals surface area contributed by atoms with E-state index in [1.165, 1.54) is 55.0 Å². The van der Waals surface area contributed by atoms with Crippen molar-refractivity contribution in [3.8, 4) is 0 Å². The Labute approximate surface area is 294 Å². The molecule has 0 aromatic rings. The Morgan fingerprint density at radius 2 is 0.800 bits per heavy atom. The van der Waals surface area contributed by atoms with E-state index in [-0.39, 0.29) is 36.3 Å². The molecule has 3 aliphatic rings. The zero-order chi connectivity index (χ0) is 33.5. The molecule has 0 unspecified atom stereocenters. The average molecular weight is 812 g/mol. The van der Waals surface area contributed by atoms with Gasteiger partial charge in [0.25, 0.3) is 0 Å². The van der Waals surface area contributed by atoms with E-state index in [1.54, 1.807) is 77.0 Å². The molecule has 0 spiro atoms. The molecule has 11 heteroatoms. The van der Waals surface area contributed by atoms with Crippen LogP contribution in [0.15, 0.2) is 0 Å². The minimum absolute atomic E-state index is 0. The van der Waals surface area contributed by atoms with Crippen molar-refractivity contribution >= 4 is 33.9 Å². The molecule has 3 nitrogen and oxygen atoms in total. The molecule has 0 aromatic heterocycles. The first-order valence-corrected chi connectivity index (χ1v) is 24.1. The Balaban J connectivity index is 0.000000690. The summed E-state index contributed by atoms with van der Waals surface area (Å²) in [7, 11) is -5.18. The van der Waals surface area contributed by atoms with Crippen molar-refractivity contribution in [3.63, 3.8) is 0 Å². The van der Waals surface area contributed by atoms with Crippen LogP contribution in [0.2, 0.25) is 0 Å². The third kappa shape index (κ3) is 18.5. The van der Waals surface area contributed by atoms with Gasteiger partial charge in [-0.25, -0.2) is 8.42 Å². The van der Waals surface area contributed by atoms with Crippen LogP contribution in [-0.2, 0) is 30.5 Å². The molecule has 0 heterocycles. The molecule has 0 saturated heterocycles. The van der Waals surface area contributed by atoms with Gasteiger partial charge in [0.15, 0.2) is 10.1 Å². The van der Waals surface area contributed by atoms with E-state index in [9.17, 15) is 13.2 Å². The maximum atomic E-state index is 10.7. The maximum absolute atomic E-state index is 10.7. The molecule has 3 rings (SSSR count). The quantitative estimate of drug-likeness (QED) is 0.0904. The van der Waals surface area contributed by atoms with Gasteiger partial charge in [-0.3, -0.25) is 0 Å². The van der Waals surface area contributed by atoms with Crippen LogP contribution < -0.4 is 0 Å². The number of hydrogen-bond acceptors (Lipinski definition) is 3. The summed E-state index contributed by atoms with van der Waals surface area (Å²) in [5, 5.41) is 0. The summed E-state index contributed by atoms with van der Waals surface area (Å²) in [4.78, 5) is 0. The van der Waals surface area contributed by atoms with Crippen molar-refractivity contribution in [2.45, 2.75) is 203 Å². The summed E-state index contributed by atoms with van der Waals surface area (Å²) >= 11 is 0. The van der Waals surface area contributed by atoms with Crippen LogP contribution in [0.1, 0.15) is 158 Å². The first-order chi connectivity index (χ1) is 20.5. The molecule has 0 radical (unpaired) electrons. The molecule has 3 aliphatic carbocycles. The van der Waals surface area contributed by atoms with Crippen LogP contribution >= 0.6 is 23.8 Å².